The van der Waals surface area contributed by atoms with Crippen molar-refractivity contribution in [3.8, 4) is 0 Å². The Morgan fingerprint density at radius 3 is 2.95 bits per heavy atom. The zero-order chi connectivity index (χ0) is 14.9. The third-order valence-electron chi connectivity index (χ3n) is 4.12. The summed E-state index contributed by atoms with van der Waals surface area (Å²) in [6.07, 6.45) is 4.46. The van der Waals surface area contributed by atoms with Gasteiger partial charge in [0.25, 0.3) is 0 Å². The lowest BCUT2D eigenvalue weighted by molar-refractivity contribution is 0.139. The van der Waals surface area contributed by atoms with Crippen molar-refractivity contribution in [1.82, 2.24) is 10.6 Å². The largest absolute Gasteiger partial charge is 0.445 e. The third kappa shape index (κ3) is 5.76. The van der Waals surface area contributed by atoms with Crippen LogP contribution in [0.2, 0.25) is 0 Å². The van der Waals surface area contributed by atoms with Crippen molar-refractivity contribution in [3.05, 3.63) is 35.9 Å². The van der Waals surface area contributed by atoms with Crippen LogP contribution in [0, 0.1) is 5.92 Å². The molecule has 21 heavy (non-hydrogen) atoms. The minimum Gasteiger partial charge on any atom is -0.445 e. The molecule has 1 aromatic carbocycles. The first kappa shape index (κ1) is 15.8. The minimum atomic E-state index is -0.333. The van der Waals surface area contributed by atoms with E-state index >= 15 is 0 Å². The average Bonchev–Trinajstić information content (AvgIpc) is 2.71. The summed E-state index contributed by atoms with van der Waals surface area (Å²) in [5.74, 6) is 0.676. The fourth-order valence-electron chi connectivity index (χ4n) is 2.77. The molecule has 2 rings (SSSR count). The molecule has 2 atom stereocenters. The van der Waals surface area contributed by atoms with Crippen LogP contribution in [0.25, 0.3) is 0 Å². The Kier molecular flexibility index (Phi) is 6.54. The maximum atomic E-state index is 11.7. The first-order valence-electron chi connectivity index (χ1n) is 7.93. The molecule has 4 nitrogen and oxygen atoms in total. The summed E-state index contributed by atoms with van der Waals surface area (Å²) >= 11 is 0. The van der Waals surface area contributed by atoms with Crippen LogP contribution >= 0.6 is 0 Å². The van der Waals surface area contributed by atoms with Gasteiger partial charge in [-0.05, 0) is 37.3 Å². The second kappa shape index (κ2) is 8.67. The van der Waals surface area contributed by atoms with Gasteiger partial charge in [-0.1, -0.05) is 43.7 Å². The summed E-state index contributed by atoms with van der Waals surface area (Å²) in [7, 11) is 0. The van der Waals surface area contributed by atoms with Crippen molar-refractivity contribution in [2.75, 3.05) is 13.1 Å². The van der Waals surface area contributed by atoms with E-state index in [-0.39, 0.29) is 6.09 Å². The lowest BCUT2D eigenvalue weighted by atomic mass is 9.95. The van der Waals surface area contributed by atoms with Crippen molar-refractivity contribution < 1.29 is 9.53 Å². The van der Waals surface area contributed by atoms with E-state index in [4.69, 9.17) is 4.74 Å². The van der Waals surface area contributed by atoms with Gasteiger partial charge in [0.15, 0.2) is 0 Å². The summed E-state index contributed by atoms with van der Waals surface area (Å²) in [6, 6.07) is 10.2. The topological polar surface area (TPSA) is 50.4 Å². The maximum absolute atomic E-state index is 11.7. The number of carbonyl (C=O) groups is 1. The van der Waals surface area contributed by atoms with E-state index in [1.807, 2.05) is 30.3 Å². The molecule has 116 valence electrons. The SMILES string of the molecule is CC1CCCCNC1CCNC(=O)OCc1ccccc1. The van der Waals surface area contributed by atoms with Gasteiger partial charge in [0.2, 0.25) is 0 Å². The Labute approximate surface area is 127 Å². The number of rotatable bonds is 5. The van der Waals surface area contributed by atoms with Gasteiger partial charge in [-0.15, -0.1) is 0 Å². The van der Waals surface area contributed by atoms with E-state index in [9.17, 15) is 4.79 Å². The molecule has 2 N–H and O–H groups in total. The quantitative estimate of drug-likeness (QED) is 0.876. The van der Waals surface area contributed by atoms with Crippen molar-refractivity contribution in [2.24, 2.45) is 5.92 Å². The molecule has 1 saturated heterocycles. The second-order valence-electron chi connectivity index (χ2n) is 5.81. The first-order valence-corrected chi connectivity index (χ1v) is 7.93. The molecule has 0 aliphatic carbocycles. The van der Waals surface area contributed by atoms with Gasteiger partial charge >= 0.3 is 6.09 Å². The predicted molar refractivity (Wildman–Crippen MR) is 84.1 cm³/mol. The van der Waals surface area contributed by atoms with Gasteiger partial charge in [-0.25, -0.2) is 4.79 Å². The lowest BCUT2D eigenvalue weighted by Crippen LogP contribution is -2.37. The molecule has 0 bridgehead atoms. The van der Waals surface area contributed by atoms with E-state index in [1.54, 1.807) is 0 Å². The molecule has 0 saturated carbocycles. The molecule has 0 spiro atoms. The highest BCUT2D eigenvalue weighted by atomic mass is 16.5. The van der Waals surface area contributed by atoms with Crippen molar-refractivity contribution in [3.63, 3.8) is 0 Å². The van der Waals surface area contributed by atoms with E-state index < -0.39 is 0 Å². The highest BCUT2D eigenvalue weighted by Gasteiger charge is 2.19. The Balaban J connectivity index is 1.62. The Bertz CT molecular complexity index is 422. The molecule has 1 heterocycles. The normalized spacial score (nSPS) is 22.3. The predicted octanol–water partition coefficient (Wildman–Crippen LogP) is 3.08. The molecule has 2 unspecified atom stereocenters. The Hall–Kier alpha value is -1.55. The number of benzene rings is 1. The number of carbonyl (C=O) groups excluding carboxylic acids is 1. The maximum Gasteiger partial charge on any atom is 0.407 e. The van der Waals surface area contributed by atoms with Gasteiger partial charge in [-0.2, -0.15) is 0 Å². The standard InChI is InChI=1S/C17H26N2O2/c1-14-7-5-6-11-18-16(14)10-12-19-17(20)21-13-15-8-3-2-4-9-15/h2-4,8-9,14,16,18H,5-7,10-13H2,1H3,(H,19,20). The lowest BCUT2D eigenvalue weighted by Gasteiger charge is -2.22. The average molecular weight is 290 g/mol. The molecular formula is C17H26N2O2. The van der Waals surface area contributed by atoms with Crippen molar-refractivity contribution in [2.45, 2.75) is 45.3 Å². The van der Waals surface area contributed by atoms with Crippen LogP contribution in [0.3, 0.4) is 0 Å². The highest BCUT2D eigenvalue weighted by molar-refractivity contribution is 5.67. The van der Waals surface area contributed by atoms with Gasteiger partial charge in [0, 0.05) is 12.6 Å². The molecule has 0 radical (unpaired) electrons. The molecule has 0 aromatic heterocycles. The van der Waals surface area contributed by atoms with Crippen LogP contribution in [-0.2, 0) is 11.3 Å². The molecule has 1 aromatic rings. The van der Waals surface area contributed by atoms with E-state index in [1.165, 1.54) is 19.3 Å². The molecule has 1 fully saturated rings. The molecule has 1 aliphatic rings. The summed E-state index contributed by atoms with van der Waals surface area (Å²) in [4.78, 5) is 11.7. The summed E-state index contributed by atoms with van der Waals surface area (Å²) in [6.45, 7) is 4.37. The number of alkyl carbamates (subject to hydrolysis) is 1. The number of ether oxygens (including phenoxy) is 1. The number of hydrogen-bond donors (Lipinski definition) is 2. The van der Waals surface area contributed by atoms with Crippen LogP contribution in [0.5, 0.6) is 0 Å². The van der Waals surface area contributed by atoms with E-state index in [2.05, 4.69) is 17.6 Å². The van der Waals surface area contributed by atoms with Crippen LogP contribution in [0.4, 0.5) is 4.79 Å². The summed E-state index contributed by atoms with van der Waals surface area (Å²) in [5, 5.41) is 6.41. The van der Waals surface area contributed by atoms with E-state index in [0.29, 0.717) is 25.1 Å². The summed E-state index contributed by atoms with van der Waals surface area (Å²) in [5.41, 5.74) is 1.01. The number of amides is 1. The number of hydrogen-bond acceptors (Lipinski definition) is 3. The van der Waals surface area contributed by atoms with E-state index in [0.717, 1.165) is 18.5 Å². The zero-order valence-corrected chi connectivity index (χ0v) is 12.8. The fourth-order valence-corrected chi connectivity index (χ4v) is 2.77. The van der Waals surface area contributed by atoms with Crippen molar-refractivity contribution >= 4 is 6.09 Å². The zero-order valence-electron chi connectivity index (χ0n) is 12.8. The first-order chi connectivity index (χ1) is 10.3. The van der Waals surface area contributed by atoms with Crippen LogP contribution in [0.15, 0.2) is 30.3 Å². The Morgan fingerprint density at radius 2 is 2.14 bits per heavy atom. The second-order valence-corrected chi connectivity index (χ2v) is 5.81. The van der Waals surface area contributed by atoms with Crippen LogP contribution in [0.1, 0.15) is 38.2 Å². The third-order valence-corrected chi connectivity index (χ3v) is 4.12. The number of nitrogens with one attached hydrogen (secondary N) is 2. The van der Waals surface area contributed by atoms with Crippen molar-refractivity contribution in [1.29, 1.82) is 0 Å². The molecule has 4 heteroatoms. The van der Waals surface area contributed by atoms with Gasteiger partial charge in [0.05, 0.1) is 0 Å². The minimum absolute atomic E-state index is 0.324. The Morgan fingerprint density at radius 1 is 1.33 bits per heavy atom. The fraction of sp³-hybridized carbons (Fsp3) is 0.588. The van der Waals surface area contributed by atoms with Gasteiger partial charge in [-0.3, -0.25) is 0 Å². The van der Waals surface area contributed by atoms with Crippen LogP contribution < -0.4 is 10.6 Å². The van der Waals surface area contributed by atoms with Gasteiger partial charge in [0.1, 0.15) is 6.61 Å². The smallest absolute Gasteiger partial charge is 0.407 e. The van der Waals surface area contributed by atoms with Crippen LogP contribution in [-0.4, -0.2) is 25.2 Å². The molecule has 1 amide bonds. The van der Waals surface area contributed by atoms with Gasteiger partial charge < -0.3 is 15.4 Å². The monoisotopic (exact) mass is 290 g/mol. The highest BCUT2D eigenvalue weighted by Crippen LogP contribution is 2.17. The molecular weight excluding hydrogens is 264 g/mol. The summed E-state index contributed by atoms with van der Waals surface area (Å²) < 4.78 is 5.20. The molecule has 1 aliphatic heterocycles.